The standard InChI is InChI=1S/C26H21N7O4/c1-15-3-7-18(8-4-15)32-24-19(13-27-32)25(35)30-26(29-24)33-22(11-16(2)31-33)28-23(34)10-6-17-5-9-20-21(12-17)37-14-36-20/h3-13H,14H2,1-2H3,(H,28,34)(H,29,30,35)/b10-6+. The molecule has 6 rings (SSSR count). The third-order valence-corrected chi connectivity index (χ3v) is 5.81. The quantitative estimate of drug-likeness (QED) is 0.358. The topological polar surface area (TPSA) is 129 Å². The molecule has 3 aromatic heterocycles. The molecule has 5 aromatic rings. The normalized spacial score (nSPS) is 12.5. The van der Waals surface area contributed by atoms with Crippen LogP contribution >= 0.6 is 0 Å². The highest BCUT2D eigenvalue weighted by atomic mass is 16.7. The molecular formula is C26H21N7O4. The lowest BCUT2D eigenvalue weighted by Gasteiger charge is -2.08. The summed E-state index contributed by atoms with van der Waals surface area (Å²) in [5.41, 5.74) is 3.28. The van der Waals surface area contributed by atoms with E-state index in [1.165, 1.54) is 17.0 Å². The van der Waals surface area contributed by atoms with E-state index in [4.69, 9.17) is 9.47 Å². The summed E-state index contributed by atoms with van der Waals surface area (Å²) in [4.78, 5) is 32.9. The maximum atomic E-state index is 12.8. The Kier molecular flexibility index (Phi) is 5.29. The third kappa shape index (κ3) is 4.22. The zero-order valence-corrected chi connectivity index (χ0v) is 19.9. The first kappa shape index (κ1) is 22.3. The monoisotopic (exact) mass is 495 g/mol. The van der Waals surface area contributed by atoms with Gasteiger partial charge < -0.3 is 14.8 Å². The van der Waals surface area contributed by atoms with Gasteiger partial charge in [0.05, 0.1) is 17.6 Å². The van der Waals surface area contributed by atoms with Crippen LogP contribution in [0.2, 0.25) is 0 Å². The first-order valence-corrected chi connectivity index (χ1v) is 11.5. The lowest BCUT2D eigenvalue weighted by molar-refractivity contribution is -0.111. The van der Waals surface area contributed by atoms with Gasteiger partial charge in [-0.05, 0) is 49.8 Å². The number of anilines is 1. The highest BCUT2D eigenvalue weighted by molar-refractivity contribution is 6.01. The number of nitrogens with zero attached hydrogens (tertiary/aromatic N) is 5. The van der Waals surface area contributed by atoms with E-state index in [0.29, 0.717) is 34.0 Å². The molecule has 0 radical (unpaired) electrons. The lowest BCUT2D eigenvalue weighted by atomic mass is 10.2. The number of benzene rings is 2. The van der Waals surface area contributed by atoms with Gasteiger partial charge in [-0.15, -0.1) is 0 Å². The van der Waals surface area contributed by atoms with Crippen LogP contribution < -0.4 is 20.3 Å². The van der Waals surface area contributed by atoms with Crippen molar-refractivity contribution in [3.05, 3.63) is 88.0 Å². The van der Waals surface area contributed by atoms with Gasteiger partial charge in [-0.25, -0.2) is 4.68 Å². The van der Waals surface area contributed by atoms with Crippen molar-refractivity contribution in [3.63, 3.8) is 0 Å². The van der Waals surface area contributed by atoms with Gasteiger partial charge in [0.15, 0.2) is 17.1 Å². The number of hydrogen-bond donors (Lipinski definition) is 2. The molecule has 0 fully saturated rings. The van der Waals surface area contributed by atoms with Crippen LogP contribution in [0.1, 0.15) is 16.8 Å². The number of rotatable bonds is 5. The van der Waals surface area contributed by atoms with Crippen LogP contribution in [0.3, 0.4) is 0 Å². The van der Waals surface area contributed by atoms with E-state index >= 15 is 0 Å². The van der Waals surface area contributed by atoms with Gasteiger partial charge in [0.2, 0.25) is 18.6 Å². The summed E-state index contributed by atoms with van der Waals surface area (Å²) in [5.74, 6) is 1.41. The van der Waals surface area contributed by atoms with E-state index in [0.717, 1.165) is 16.8 Å². The second-order valence-corrected chi connectivity index (χ2v) is 8.54. The fourth-order valence-corrected chi connectivity index (χ4v) is 3.99. The van der Waals surface area contributed by atoms with Gasteiger partial charge in [0.1, 0.15) is 11.2 Å². The Morgan fingerprint density at radius 3 is 2.70 bits per heavy atom. The minimum absolute atomic E-state index is 0.148. The van der Waals surface area contributed by atoms with Gasteiger partial charge in [-0.2, -0.15) is 19.9 Å². The van der Waals surface area contributed by atoms with Gasteiger partial charge in [0.25, 0.3) is 5.56 Å². The average molecular weight is 495 g/mol. The Morgan fingerprint density at radius 1 is 1.05 bits per heavy atom. The summed E-state index contributed by atoms with van der Waals surface area (Å²) >= 11 is 0. The summed E-state index contributed by atoms with van der Waals surface area (Å²) in [6.45, 7) is 3.95. The summed E-state index contributed by atoms with van der Waals surface area (Å²) in [6, 6.07) is 14.8. The van der Waals surface area contributed by atoms with Crippen LogP contribution in [-0.4, -0.2) is 42.2 Å². The largest absolute Gasteiger partial charge is 0.454 e. The molecule has 0 saturated heterocycles. The number of nitrogens with one attached hydrogen (secondary N) is 2. The molecule has 1 aliphatic heterocycles. The van der Waals surface area contributed by atoms with Crippen molar-refractivity contribution in [2.24, 2.45) is 0 Å². The second-order valence-electron chi connectivity index (χ2n) is 8.54. The first-order chi connectivity index (χ1) is 17.9. The molecule has 0 bridgehead atoms. The number of aromatic nitrogens is 6. The van der Waals surface area contributed by atoms with Crippen molar-refractivity contribution in [1.29, 1.82) is 0 Å². The zero-order chi connectivity index (χ0) is 25.5. The third-order valence-electron chi connectivity index (χ3n) is 5.81. The zero-order valence-electron chi connectivity index (χ0n) is 19.9. The number of carbonyl (C=O) groups excluding carboxylic acids is 1. The average Bonchev–Trinajstić information content (AvgIpc) is 3.61. The van der Waals surface area contributed by atoms with Crippen LogP contribution in [0.15, 0.2) is 65.6 Å². The SMILES string of the molecule is Cc1ccc(-n2ncc3c(=O)[nH]c(-n4nc(C)cc4NC(=O)/C=C/c4ccc5c(c4)OCO5)nc32)cc1. The van der Waals surface area contributed by atoms with E-state index in [2.05, 4.69) is 25.5 Å². The Morgan fingerprint density at radius 2 is 1.86 bits per heavy atom. The number of H-pyrrole nitrogens is 1. The number of ether oxygens (including phenoxy) is 2. The summed E-state index contributed by atoms with van der Waals surface area (Å²) in [6.07, 6.45) is 4.54. The minimum Gasteiger partial charge on any atom is -0.454 e. The summed E-state index contributed by atoms with van der Waals surface area (Å²) in [5, 5.41) is 11.9. The van der Waals surface area contributed by atoms with Crippen molar-refractivity contribution >= 4 is 28.8 Å². The molecule has 11 heteroatoms. The van der Waals surface area contributed by atoms with E-state index in [1.54, 1.807) is 35.9 Å². The van der Waals surface area contributed by atoms with Crippen LogP contribution in [0, 0.1) is 13.8 Å². The van der Waals surface area contributed by atoms with E-state index in [1.807, 2.05) is 37.3 Å². The number of fused-ring (bicyclic) bond motifs is 2. The minimum atomic E-state index is -0.382. The Bertz CT molecular complexity index is 1750. The molecule has 0 saturated carbocycles. The van der Waals surface area contributed by atoms with Crippen LogP contribution in [-0.2, 0) is 4.79 Å². The first-order valence-electron chi connectivity index (χ1n) is 11.5. The fraction of sp³-hybridized carbons (Fsp3) is 0.115. The molecule has 37 heavy (non-hydrogen) atoms. The van der Waals surface area contributed by atoms with Crippen molar-refractivity contribution in [2.45, 2.75) is 13.8 Å². The predicted molar refractivity (Wildman–Crippen MR) is 136 cm³/mol. The molecule has 0 spiro atoms. The highest BCUT2D eigenvalue weighted by Crippen LogP contribution is 2.32. The summed E-state index contributed by atoms with van der Waals surface area (Å²) in [7, 11) is 0. The van der Waals surface area contributed by atoms with Crippen LogP contribution in [0.4, 0.5) is 5.82 Å². The van der Waals surface area contributed by atoms with Crippen molar-refractivity contribution in [1.82, 2.24) is 29.5 Å². The molecule has 184 valence electrons. The fourth-order valence-electron chi connectivity index (χ4n) is 3.99. The van der Waals surface area contributed by atoms with Gasteiger partial charge in [0, 0.05) is 12.1 Å². The van der Waals surface area contributed by atoms with E-state index < -0.39 is 0 Å². The number of amides is 1. The van der Waals surface area contributed by atoms with Crippen molar-refractivity contribution in [3.8, 4) is 23.1 Å². The molecule has 2 aromatic carbocycles. The molecule has 0 atom stereocenters. The maximum Gasteiger partial charge on any atom is 0.263 e. The van der Waals surface area contributed by atoms with E-state index in [9.17, 15) is 9.59 Å². The molecule has 0 aliphatic carbocycles. The van der Waals surface area contributed by atoms with Crippen molar-refractivity contribution in [2.75, 3.05) is 12.1 Å². The Labute approximate surface area is 210 Å². The van der Waals surface area contributed by atoms with Crippen LogP contribution in [0.5, 0.6) is 11.5 Å². The maximum absolute atomic E-state index is 12.8. The second kappa shape index (κ2) is 8.79. The number of aryl methyl sites for hydroxylation is 2. The molecular weight excluding hydrogens is 474 g/mol. The molecule has 4 heterocycles. The highest BCUT2D eigenvalue weighted by Gasteiger charge is 2.17. The van der Waals surface area contributed by atoms with Gasteiger partial charge >= 0.3 is 0 Å². The molecule has 1 amide bonds. The van der Waals surface area contributed by atoms with Crippen molar-refractivity contribution < 1.29 is 14.3 Å². The lowest BCUT2D eigenvalue weighted by Crippen LogP contribution is -2.18. The molecule has 0 unspecified atom stereocenters. The Balaban J connectivity index is 1.31. The van der Waals surface area contributed by atoms with Gasteiger partial charge in [-0.1, -0.05) is 23.8 Å². The Hall–Kier alpha value is -5.19. The molecule has 2 N–H and O–H groups in total. The van der Waals surface area contributed by atoms with E-state index in [-0.39, 0.29) is 24.2 Å². The predicted octanol–water partition coefficient (Wildman–Crippen LogP) is 3.29. The summed E-state index contributed by atoms with van der Waals surface area (Å²) < 4.78 is 13.7. The van der Waals surface area contributed by atoms with Gasteiger partial charge in [-0.3, -0.25) is 14.6 Å². The molecule has 1 aliphatic rings. The van der Waals surface area contributed by atoms with Crippen LogP contribution in [0.25, 0.3) is 28.7 Å². The smallest absolute Gasteiger partial charge is 0.263 e. The molecule has 11 nitrogen and oxygen atoms in total. The number of hydrogen-bond acceptors (Lipinski definition) is 7. The number of carbonyl (C=O) groups is 1. The number of aromatic amines is 1.